The molecule has 7 heteroatoms. The van der Waals surface area contributed by atoms with Gasteiger partial charge in [0.05, 0.1) is 12.8 Å². The van der Waals surface area contributed by atoms with E-state index in [0.29, 0.717) is 17.3 Å². The van der Waals surface area contributed by atoms with Gasteiger partial charge in [-0.25, -0.2) is 15.8 Å². The molecule has 2 aromatic heterocycles. The summed E-state index contributed by atoms with van der Waals surface area (Å²) in [6, 6.07) is 13.1. The summed E-state index contributed by atoms with van der Waals surface area (Å²) in [5.74, 6) is 5.92. The first-order valence-corrected chi connectivity index (χ1v) is 7.07. The first-order valence-electron chi connectivity index (χ1n) is 7.07. The first kappa shape index (κ1) is 17.0. The summed E-state index contributed by atoms with van der Waals surface area (Å²) in [4.78, 5) is 22.7. The average Bonchev–Trinajstić information content (AvgIpc) is 2.69. The van der Waals surface area contributed by atoms with E-state index in [4.69, 9.17) is 10.6 Å². The van der Waals surface area contributed by atoms with Crippen LogP contribution in [-0.4, -0.2) is 28.3 Å². The molecule has 0 bridgehead atoms. The number of rotatable bonds is 4. The highest BCUT2D eigenvalue weighted by Crippen LogP contribution is 2.19. The van der Waals surface area contributed by atoms with Crippen molar-refractivity contribution in [3.63, 3.8) is 0 Å². The number of anilines is 1. The highest BCUT2D eigenvalue weighted by molar-refractivity contribution is 5.86. The van der Waals surface area contributed by atoms with Crippen LogP contribution in [0.4, 0.5) is 5.82 Å². The molecule has 3 aromatic rings. The number of nitrogen functional groups attached to an aromatic ring is 1. The minimum absolute atomic E-state index is 0.394. The van der Waals surface area contributed by atoms with Crippen molar-refractivity contribution < 1.29 is 9.53 Å². The number of benzene rings is 1. The number of methoxy groups -OCH3 is 1. The van der Waals surface area contributed by atoms with Crippen molar-refractivity contribution in [3.05, 3.63) is 66.6 Å². The molecular weight excluding hydrogens is 306 g/mol. The molecule has 0 atom stereocenters. The normalized spacial score (nSPS) is 9.42. The molecule has 0 unspecified atom stereocenters. The fourth-order valence-electron chi connectivity index (χ4n) is 1.93. The van der Waals surface area contributed by atoms with Gasteiger partial charge < -0.3 is 10.2 Å². The predicted octanol–water partition coefficient (Wildman–Crippen LogP) is 2.33. The van der Waals surface area contributed by atoms with Crippen molar-refractivity contribution in [1.82, 2.24) is 15.0 Å². The Labute approximate surface area is 139 Å². The Morgan fingerprint density at radius 2 is 1.75 bits per heavy atom. The standard InChI is InChI=1S/C12H9NO.C5H8N4O/c14-9-10-5-1-2-6-11(10)12-7-3-4-8-13-12;1-10-5-4(9-6)7-2-3-8-5/h1-9H;2-3H,6H2,1H3,(H,7,9). The van der Waals surface area contributed by atoms with Crippen molar-refractivity contribution in [2.24, 2.45) is 5.84 Å². The molecule has 3 rings (SSSR count). The molecule has 3 N–H and O–H groups in total. The summed E-state index contributed by atoms with van der Waals surface area (Å²) in [6.45, 7) is 0. The van der Waals surface area contributed by atoms with E-state index < -0.39 is 0 Å². The number of ether oxygens (including phenoxy) is 1. The maximum absolute atomic E-state index is 10.8. The number of carbonyl (C=O) groups is 1. The largest absolute Gasteiger partial charge is 0.478 e. The molecule has 122 valence electrons. The Kier molecular flexibility index (Phi) is 6.36. The predicted molar refractivity (Wildman–Crippen MR) is 91.5 cm³/mol. The molecule has 2 heterocycles. The zero-order valence-corrected chi connectivity index (χ0v) is 13.1. The molecule has 7 nitrogen and oxygen atoms in total. The number of hydrogen-bond acceptors (Lipinski definition) is 7. The van der Waals surface area contributed by atoms with Gasteiger partial charge in [-0.15, -0.1) is 0 Å². The molecule has 0 saturated carbocycles. The zero-order chi connectivity index (χ0) is 17.2. The average molecular weight is 323 g/mol. The molecular formula is C17H17N5O2. The van der Waals surface area contributed by atoms with Gasteiger partial charge in [-0.1, -0.05) is 30.3 Å². The Morgan fingerprint density at radius 1 is 1.00 bits per heavy atom. The Morgan fingerprint density at radius 3 is 2.38 bits per heavy atom. The lowest BCUT2D eigenvalue weighted by Gasteiger charge is -2.02. The molecule has 1 aromatic carbocycles. The molecule has 24 heavy (non-hydrogen) atoms. The second-order valence-corrected chi connectivity index (χ2v) is 4.48. The number of aromatic nitrogens is 3. The van der Waals surface area contributed by atoms with E-state index in [1.54, 1.807) is 12.3 Å². The highest BCUT2D eigenvalue weighted by Gasteiger charge is 2.03. The molecule has 0 aliphatic carbocycles. The topological polar surface area (TPSA) is 103 Å². The van der Waals surface area contributed by atoms with Crippen LogP contribution in [0, 0.1) is 0 Å². The van der Waals surface area contributed by atoms with Crippen LogP contribution in [0.5, 0.6) is 5.88 Å². The van der Waals surface area contributed by atoms with Gasteiger partial charge in [-0.05, 0) is 12.1 Å². The second kappa shape index (κ2) is 8.96. The molecule has 0 fully saturated rings. The third-order valence-corrected chi connectivity index (χ3v) is 3.02. The third-order valence-electron chi connectivity index (χ3n) is 3.02. The van der Waals surface area contributed by atoms with Gasteiger partial charge in [0.25, 0.3) is 5.88 Å². The number of nitrogens with two attached hydrogens (primary N) is 1. The van der Waals surface area contributed by atoms with Gasteiger partial charge in [0.15, 0.2) is 6.29 Å². The van der Waals surface area contributed by atoms with E-state index in [2.05, 4.69) is 20.4 Å². The fourth-order valence-corrected chi connectivity index (χ4v) is 1.93. The van der Waals surface area contributed by atoms with Crippen LogP contribution in [0.3, 0.4) is 0 Å². The van der Waals surface area contributed by atoms with E-state index in [0.717, 1.165) is 17.5 Å². The summed E-state index contributed by atoms with van der Waals surface area (Å²) in [7, 11) is 1.50. The molecule has 0 aliphatic heterocycles. The third kappa shape index (κ3) is 4.34. The van der Waals surface area contributed by atoms with E-state index >= 15 is 0 Å². The van der Waals surface area contributed by atoms with Gasteiger partial charge in [0, 0.05) is 29.7 Å². The van der Waals surface area contributed by atoms with Crippen molar-refractivity contribution >= 4 is 12.1 Å². The SMILES string of the molecule is COc1nccnc1NN.O=Cc1ccccc1-c1ccccn1. The number of nitrogens with one attached hydrogen (secondary N) is 1. The van der Waals surface area contributed by atoms with Crippen molar-refractivity contribution in [1.29, 1.82) is 0 Å². The lowest BCUT2D eigenvalue weighted by Crippen LogP contribution is -2.10. The molecule has 0 aliphatic rings. The number of pyridine rings is 1. The van der Waals surface area contributed by atoms with Gasteiger partial charge in [0.2, 0.25) is 5.82 Å². The lowest BCUT2D eigenvalue weighted by molar-refractivity contribution is 0.112. The minimum atomic E-state index is 0.394. The Bertz CT molecular complexity index is 758. The monoisotopic (exact) mass is 323 g/mol. The van der Waals surface area contributed by atoms with Crippen molar-refractivity contribution in [2.45, 2.75) is 0 Å². The zero-order valence-electron chi connectivity index (χ0n) is 13.1. The molecule has 0 radical (unpaired) electrons. The minimum Gasteiger partial charge on any atom is -0.478 e. The van der Waals surface area contributed by atoms with Crippen LogP contribution in [-0.2, 0) is 0 Å². The summed E-state index contributed by atoms with van der Waals surface area (Å²) in [6.07, 6.45) is 5.62. The number of nitrogens with zero attached hydrogens (tertiary/aromatic N) is 3. The molecule has 0 amide bonds. The fraction of sp³-hybridized carbons (Fsp3) is 0.0588. The molecule has 0 saturated heterocycles. The van der Waals surface area contributed by atoms with Crippen LogP contribution in [0.25, 0.3) is 11.3 Å². The summed E-state index contributed by atoms with van der Waals surface area (Å²) >= 11 is 0. The number of hydrazine groups is 1. The van der Waals surface area contributed by atoms with E-state index in [-0.39, 0.29) is 0 Å². The Balaban J connectivity index is 0.000000185. The highest BCUT2D eigenvalue weighted by atomic mass is 16.5. The number of carbonyl (C=O) groups excluding carboxylic acids is 1. The van der Waals surface area contributed by atoms with Gasteiger partial charge >= 0.3 is 0 Å². The quantitative estimate of drug-likeness (QED) is 0.431. The van der Waals surface area contributed by atoms with Crippen LogP contribution in [0.2, 0.25) is 0 Å². The summed E-state index contributed by atoms with van der Waals surface area (Å²) < 4.78 is 4.82. The maximum Gasteiger partial charge on any atom is 0.258 e. The second-order valence-electron chi connectivity index (χ2n) is 4.48. The number of aldehydes is 1. The van der Waals surface area contributed by atoms with Crippen LogP contribution in [0.1, 0.15) is 10.4 Å². The smallest absolute Gasteiger partial charge is 0.258 e. The van der Waals surface area contributed by atoms with E-state index in [1.807, 2.05) is 36.4 Å². The van der Waals surface area contributed by atoms with Crippen molar-refractivity contribution in [3.8, 4) is 17.1 Å². The van der Waals surface area contributed by atoms with E-state index in [1.165, 1.54) is 19.5 Å². The lowest BCUT2D eigenvalue weighted by atomic mass is 10.1. The van der Waals surface area contributed by atoms with Gasteiger partial charge in [-0.3, -0.25) is 9.78 Å². The van der Waals surface area contributed by atoms with E-state index in [9.17, 15) is 4.79 Å². The van der Waals surface area contributed by atoms with Gasteiger partial charge in [0.1, 0.15) is 0 Å². The number of hydrogen-bond donors (Lipinski definition) is 2. The molecule has 0 spiro atoms. The van der Waals surface area contributed by atoms with Crippen LogP contribution >= 0.6 is 0 Å². The van der Waals surface area contributed by atoms with Gasteiger partial charge in [-0.2, -0.15) is 0 Å². The maximum atomic E-state index is 10.8. The van der Waals surface area contributed by atoms with Crippen molar-refractivity contribution in [2.75, 3.05) is 12.5 Å². The Hall–Kier alpha value is -3.32. The summed E-state index contributed by atoms with van der Waals surface area (Å²) in [5, 5.41) is 0. The first-order chi connectivity index (χ1) is 11.8. The van der Waals surface area contributed by atoms with Crippen LogP contribution < -0.4 is 16.0 Å². The van der Waals surface area contributed by atoms with Crippen LogP contribution in [0.15, 0.2) is 61.1 Å². The summed E-state index contributed by atoms with van der Waals surface area (Å²) in [5.41, 5.74) is 4.73.